The van der Waals surface area contributed by atoms with Gasteiger partial charge in [0.05, 0.1) is 11.9 Å². The quantitative estimate of drug-likeness (QED) is 0.783. The van der Waals surface area contributed by atoms with E-state index in [-0.39, 0.29) is 0 Å². The van der Waals surface area contributed by atoms with E-state index in [1.54, 1.807) is 0 Å². The number of hydrogen-bond donors (Lipinski definition) is 1. The second-order valence-electron chi connectivity index (χ2n) is 5.33. The van der Waals surface area contributed by atoms with Gasteiger partial charge in [0.15, 0.2) is 0 Å². The van der Waals surface area contributed by atoms with E-state index in [9.17, 15) is 0 Å². The molecule has 0 amide bonds. The normalized spacial score (nSPS) is 10.6. The zero-order valence-corrected chi connectivity index (χ0v) is 12.4. The molecule has 0 aliphatic carbocycles. The summed E-state index contributed by atoms with van der Waals surface area (Å²) >= 11 is 0. The van der Waals surface area contributed by atoms with Gasteiger partial charge in [0, 0.05) is 20.6 Å². The molecule has 106 valence electrons. The van der Waals surface area contributed by atoms with Gasteiger partial charge in [-0.2, -0.15) is 0 Å². The van der Waals surface area contributed by atoms with E-state index in [4.69, 9.17) is 0 Å². The number of anilines is 2. The minimum absolute atomic E-state index is 0.799. The summed E-state index contributed by atoms with van der Waals surface area (Å²) in [6.07, 6.45) is 1.87. The Labute approximate surface area is 125 Å². The average molecular weight is 277 g/mol. The average Bonchev–Trinajstić information content (AvgIpc) is 2.53. The number of rotatable bonds is 4. The molecular weight excluding hydrogens is 258 g/mol. The Morgan fingerprint density at radius 2 is 1.76 bits per heavy atom. The summed E-state index contributed by atoms with van der Waals surface area (Å²) in [5.74, 6) is 0.964. The van der Waals surface area contributed by atoms with Crippen LogP contribution in [0.5, 0.6) is 0 Å². The lowest BCUT2D eigenvalue weighted by molar-refractivity contribution is 1.06. The van der Waals surface area contributed by atoms with Crippen molar-refractivity contribution in [3.63, 3.8) is 0 Å². The third-order valence-corrected chi connectivity index (χ3v) is 3.52. The van der Waals surface area contributed by atoms with Gasteiger partial charge in [-0.05, 0) is 34.5 Å². The predicted octanol–water partition coefficient (Wildman–Crippen LogP) is 3.91. The number of fused-ring (bicyclic) bond motifs is 1. The zero-order valence-electron chi connectivity index (χ0n) is 12.4. The van der Waals surface area contributed by atoms with Crippen LogP contribution in [0, 0.1) is 0 Å². The summed E-state index contributed by atoms with van der Waals surface area (Å²) in [6.45, 7) is 0.799. The molecule has 3 heteroatoms. The molecule has 0 radical (unpaired) electrons. The third kappa shape index (κ3) is 3.14. The summed E-state index contributed by atoms with van der Waals surface area (Å²) in [5, 5.41) is 5.96. The van der Waals surface area contributed by atoms with Gasteiger partial charge in [-0.15, -0.1) is 0 Å². The molecule has 1 N–H and O–H groups in total. The molecule has 0 fully saturated rings. The van der Waals surface area contributed by atoms with E-state index in [0.717, 1.165) is 18.1 Å². The zero-order chi connectivity index (χ0) is 14.7. The first-order valence-corrected chi connectivity index (χ1v) is 7.07. The number of nitrogens with one attached hydrogen (secondary N) is 1. The lowest BCUT2D eigenvalue weighted by Crippen LogP contribution is -2.10. The smallest absolute Gasteiger partial charge is 0.128 e. The molecular formula is C18H19N3. The molecule has 0 spiro atoms. The standard InChI is InChI=1S/C18H19N3/c1-21(2)18-10-9-17(13-20-18)19-12-14-7-8-15-5-3-4-6-16(15)11-14/h3-11,13,19H,12H2,1-2H3. The fourth-order valence-corrected chi connectivity index (χ4v) is 2.31. The highest BCUT2D eigenvalue weighted by Crippen LogP contribution is 2.17. The van der Waals surface area contributed by atoms with Gasteiger partial charge in [0.2, 0.25) is 0 Å². The topological polar surface area (TPSA) is 28.2 Å². The van der Waals surface area contributed by atoms with E-state index in [1.807, 2.05) is 31.3 Å². The van der Waals surface area contributed by atoms with E-state index in [1.165, 1.54) is 16.3 Å². The number of benzene rings is 2. The molecule has 0 atom stereocenters. The summed E-state index contributed by atoms with van der Waals surface area (Å²) in [6, 6.07) is 19.1. The summed E-state index contributed by atoms with van der Waals surface area (Å²) in [4.78, 5) is 6.40. The summed E-state index contributed by atoms with van der Waals surface area (Å²) in [5.41, 5.74) is 2.30. The van der Waals surface area contributed by atoms with Crippen LogP contribution in [0.4, 0.5) is 11.5 Å². The van der Waals surface area contributed by atoms with Crippen LogP contribution in [0.3, 0.4) is 0 Å². The molecule has 0 aliphatic rings. The maximum absolute atomic E-state index is 4.40. The Morgan fingerprint density at radius 3 is 2.48 bits per heavy atom. The molecule has 0 aliphatic heterocycles. The van der Waals surface area contributed by atoms with Gasteiger partial charge in [-0.1, -0.05) is 36.4 Å². The molecule has 1 heterocycles. The minimum atomic E-state index is 0.799. The maximum atomic E-state index is 4.40. The highest BCUT2D eigenvalue weighted by atomic mass is 15.1. The van der Waals surface area contributed by atoms with E-state index in [0.29, 0.717) is 0 Å². The molecule has 3 aromatic rings. The Kier molecular flexibility index (Phi) is 3.73. The first-order chi connectivity index (χ1) is 10.2. The van der Waals surface area contributed by atoms with Crippen LogP contribution in [0.1, 0.15) is 5.56 Å². The fourth-order valence-electron chi connectivity index (χ4n) is 2.31. The maximum Gasteiger partial charge on any atom is 0.128 e. The second kappa shape index (κ2) is 5.83. The van der Waals surface area contributed by atoms with Crippen molar-refractivity contribution in [2.75, 3.05) is 24.3 Å². The molecule has 0 saturated carbocycles. The molecule has 0 bridgehead atoms. The highest BCUT2D eigenvalue weighted by molar-refractivity contribution is 5.83. The van der Waals surface area contributed by atoms with Crippen LogP contribution >= 0.6 is 0 Å². The SMILES string of the molecule is CN(C)c1ccc(NCc2ccc3ccccc3c2)cn1. The lowest BCUT2D eigenvalue weighted by atomic mass is 10.1. The summed E-state index contributed by atoms with van der Waals surface area (Å²) < 4.78 is 0. The van der Waals surface area contributed by atoms with Crippen molar-refractivity contribution in [1.82, 2.24) is 4.98 Å². The Hall–Kier alpha value is -2.55. The number of pyridine rings is 1. The molecule has 2 aromatic carbocycles. The van der Waals surface area contributed by atoms with Crippen molar-refractivity contribution in [2.24, 2.45) is 0 Å². The van der Waals surface area contributed by atoms with Crippen LogP contribution in [0.25, 0.3) is 10.8 Å². The lowest BCUT2D eigenvalue weighted by Gasteiger charge is -2.12. The van der Waals surface area contributed by atoms with Crippen molar-refractivity contribution in [3.05, 3.63) is 66.4 Å². The van der Waals surface area contributed by atoms with Crippen LogP contribution in [-0.2, 0) is 6.54 Å². The Bertz CT molecular complexity index is 733. The van der Waals surface area contributed by atoms with E-state index < -0.39 is 0 Å². The molecule has 21 heavy (non-hydrogen) atoms. The largest absolute Gasteiger partial charge is 0.380 e. The van der Waals surface area contributed by atoms with E-state index >= 15 is 0 Å². The highest BCUT2D eigenvalue weighted by Gasteiger charge is 1.99. The van der Waals surface area contributed by atoms with Gasteiger partial charge in [-0.25, -0.2) is 4.98 Å². The van der Waals surface area contributed by atoms with Gasteiger partial charge in [-0.3, -0.25) is 0 Å². The molecule has 0 saturated heterocycles. The van der Waals surface area contributed by atoms with Crippen molar-refractivity contribution < 1.29 is 0 Å². The first-order valence-electron chi connectivity index (χ1n) is 7.07. The molecule has 3 rings (SSSR count). The van der Waals surface area contributed by atoms with Crippen LogP contribution < -0.4 is 10.2 Å². The van der Waals surface area contributed by atoms with Crippen molar-refractivity contribution in [3.8, 4) is 0 Å². The van der Waals surface area contributed by atoms with Gasteiger partial charge >= 0.3 is 0 Å². The van der Waals surface area contributed by atoms with Gasteiger partial charge in [0.1, 0.15) is 5.82 Å². The second-order valence-corrected chi connectivity index (χ2v) is 5.33. The predicted molar refractivity (Wildman–Crippen MR) is 89.8 cm³/mol. The third-order valence-electron chi connectivity index (χ3n) is 3.52. The number of nitrogens with zero attached hydrogens (tertiary/aromatic N) is 2. The van der Waals surface area contributed by atoms with Crippen LogP contribution in [0.2, 0.25) is 0 Å². The van der Waals surface area contributed by atoms with Gasteiger partial charge < -0.3 is 10.2 Å². The van der Waals surface area contributed by atoms with Crippen molar-refractivity contribution in [1.29, 1.82) is 0 Å². The number of hydrogen-bond acceptors (Lipinski definition) is 3. The van der Waals surface area contributed by atoms with Crippen molar-refractivity contribution >= 4 is 22.3 Å². The van der Waals surface area contributed by atoms with Crippen molar-refractivity contribution in [2.45, 2.75) is 6.54 Å². The number of aromatic nitrogens is 1. The molecule has 1 aromatic heterocycles. The minimum Gasteiger partial charge on any atom is -0.380 e. The molecule has 3 nitrogen and oxygen atoms in total. The fraction of sp³-hybridized carbons (Fsp3) is 0.167. The monoisotopic (exact) mass is 277 g/mol. The van der Waals surface area contributed by atoms with E-state index in [2.05, 4.69) is 58.8 Å². The Morgan fingerprint density at radius 1 is 0.952 bits per heavy atom. The Balaban J connectivity index is 1.71. The van der Waals surface area contributed by atoms with Crippen LogP contribution in [-0.4, -0.2) is 19.1 Å². The first kappa shape index (κ1) is 13.4. The van der Waals surface area contributed by atoms with Crippen LogP contribution in [0.15, 0.2) is 60.8 Å². The summed E-state index contributed by atoms with van der Waals surface area (Å²) in [7, 11) is 3.98. The molecule has 0 unspecified atom stereocenters. The van der Waals surface area contributed by atoms with Gasteiger partial charge in [0.25, 0.3) is 0 Å².